The Kier molecular flexibility index (Phi) is 4.05. The molecule has 4 nitrogen and oxygen atoms in total. The molecule has 1 aromatic carbocycles. The third kappa shape index (κ3) is 3.85. The predicted molar refractivity (Wildman–Crippen MR) is 68.2 cm³/mol. The first-order valence-corrected chi connectivity index (χ1v) is 5.61. The number of nitrogens with zero attached hydrogens (tertiary/aromatic N) is 3. The molecule has 17 heavy (non-hydrogen) atoms. The summed E-state index contributed by atoms with van der Waals surface area (Å²) in [5.41, 5.74) is 1.21. The van der Waals surface area contributed by atoms with Gasteiger partial charge in [-0.1, -0.05) is 42.5 Å². The van der Waals surface area contributed by atoms with Crippen LogP contribution in [0.5, 0.6) is 0 Å². The van der Waals surface area contributed by atoms with E-state index in [4.69, 9.17) is 0 Å². The van der Waals surface area contributed by atoms with Crippen LogP contribution in [0.2, 0.25) is 0 Å². The molecule has 1 heterocycles. The standard InChI is InChI=1S/C13H16N4/c1-17-11-15-13(16-17)10-14-9-5-8-12-6-3-2-4-7-12/h2-8,11,14H,9-10H2,1H3/b8-5+. The van der Waals surface area contributed by atoms with Crippen molar-refractivity contribution in [2.75, 3.05) is 6.54 Å². The summed E-state index contributed by atoms with van der Waals surface area (Å²) in [5, 5.41) is 7.45. The van der Waals surface area contributed by atoms with Crippen molar-refractivity contribution in [1.82, 2.24) is 20.1 Å². The second-order valence-electron chi connectivity index (χ2n) is 3.78. The normalized spacial score (nSPS) is 11.1. The highest BCUT2D eigenvalue weighted by Gasteiger charge is 1.95. The van der Waals surface area contributed by atoms with Crippen molar-refractivity contribution < 1.29 is 0 Å². The zero-order valence-electron chi connectivity index (χ0n) is 9.87. The van der Waals surface area contributed by atoms with Crippen LogP contribution in [0, 0.1) is 0 Å². The van der Waals surface area contributed by atoms with E-state index in [2.05, 4.69) is 39.7 Å². The van der Waals surface area contributed by atoms with Gasteiger partial charge in [0, 0.05) is 13.6 Å². The summed E-state index contributed by atoms with van der Waals surface area (Å²) in [5.74, 6) is 0.820. The molecule has 0 saturated heterocycles. The average Bonchev–Trinajstić information content (AvgIpc) is 2.76. The molecule has 1 aromatic heterocycles. The molecule has 0 bridgehead atoms. The maximum atomic E-state index is 4.19. The molecule has 0 aliphatic rings. The smallest absolute Gasteiger partial charge is 0.164 e. The highest BCUT2D eigenvalue weighted by atomic mass is 15.3. The van der Waals surface area contributed by atoms with Gasteiger partial charge in [0.25, 0.3) is 0 Å². The van der Waals surface area contributed by atoms with Crippen molar-refractivity contribution in [3.8, 4) is 0 Å². The Morgan fingerprint density at radius 2 is 2.12 bits per heavy atom. The highest BCUT2D eigenvalue weighted by Crippen LogP contribution is 1.99. The number of aryl methyl sites for hydroxylation is 1. The van der Waals surface area contributed by atoms with Gasteiger partial charge < -0.3 is 5.32 Å². The second-order valence-corrected chi connectivity index (χ2v) is 3.78. The fraction of sp³-hybridized carbons (Fsp3) is 0.231. The number of rotatable bonds is 5. The molecular formula is C13H16N4. The van der Waals surface area contributed by atoms with Crippen molar-refractivity contribution >= 4 is 6.08 Å². The van der Waals surface area contributed by atoms with E-state index in [1.807, 2.05) is 25.2 Å². The number of benzene rings is 1. The van der Waals surface area contributed by atoms with Crippen LogP contribution >= 0.6 is 0 Å². The number of nitrogens with one attached hydrogen (secondary N) is 1. The van der Waals surface area contributed by atoms with Gasteiger partial charge in [-0.25, -0.2) is 4.98 Å². The maximum Gasteiger partial charge on any atom is 0.164 e. The molecule has 0 radical (unpaired) electrons. The van der Waals surface area contributed by atoms with Gasteiger partial charge >= 0.3 is 0 Å². The quantitative estimate of drug-likeness (QED) is 0.791. The maximum absolute atomic E-state index is 4.19. The number of hydrogen-bond donors (Lipinski definition) is 1. The summed E-state index contributed by atoms with van der Waals surface area (Å²) in [6, 6.07) is 10.2. The van der Waals surface area contributed by atoms with E-state index in [0.29, 0.717) is 6.54 Å². The predicted octanol–water partition coefficient (Wildman–Crippen LogP) is 1.62. The molecule has 2 aromatic rings. The molecule has 0 amide bonds. The van der Waals surface area contributed by atoms with E-state index in [-0.39, 0.29) is 0 Å². The SMILES string of the molecule is Cn1cnc(CNC/C=C/c2ccccc2)n1. The molecule has 0 aliphatic heterocycles. The van der Waals surface area contributed by atoms with Crippen LogP contribution in [-0.4, -0.2) is 21.3 Å². The summed E-state index contributed by atoms with van der Waals surface area (Å²) >= 11 is 0. The Morgan fingerprint density at radius 3 is 2.82 bits per heavy atom. The van der Waals surface area contributed by atoms with Crippen LogP contribution in [0.3, 0.4) is 0 Å². The van der Waals surface area contributed by atoms with E-state index in [1.165, 1.54) is 5.56 Å². The molecule has 0 spiro atoms. The molecule has 0 atom stereocenters. The van der Waals surface area contributed by atoms with E-state index in [9.17, 15) is 0 Å². The van der Waals surface area contributed by atoms with Gasteiger partial charge in [0.2, 0.25) is 0 Å². The molecule has 0 fully saturated rings. The summed E-state index contributed by atoms with van der Waals surface area (Å²) in [6.45, 7) is 1.51. The van der Waals surface area contributed by atoms with Gasteiger partial charge in [-0.15, -0.1) is 0 Å². The Bertz CT molecular complexity index is 473. The molecule has 0 saturated carbocycles. The zero-order chi connectivity index (χ0) is 11.9. The first kappa shape index (κ1) is 11.5. The van der Waals surface area contributed by atoms with Gasteiger partial charge in [0.15, 0.2) is 5.82 Å². The fourth-order valence-electron chi connectivity index (χ4n) is 1.49. The summed E-state index contributed by atoms with van der Waals surface area (Å²) in [4.78, 5) is 4.14. The van der Waals surface area contributed by atoms with Crippen LogP contribution < -0.4 is 5.32 Å². The third-order valence-corrected chi connectivity index (χ3v) is 2.30. The second kappa shape index (κ2) is 5.96. The van der Waals surface area contributed by atoms with Crippen molar-refractivity contribution in [1.29, 1.82) is 0 Å². The largest absolute Gasteiger partial charge is 0.306 e. The summed E-state index contributed by atoms with van der Waals surface area (Å²) in [7, 11) is 1.87. The lowest BCUT2D eigenvalue weighted by Crippen LogP contribution is -2.14. The fourth-order valence-corrected chi connectivity index (χ4v) is 1.49. The Hall–Kier alpha value is -1.94. The molecule has 0 aliphatic carbocycles. The van der Waals surface area contributed by atoms with E-state index in [1.54, 1.807) is 11.0 Å². The van der Waals surface area contributed by atoms with Crippen molar-refractivity contribution in [3.05, 3.63) is 54.1 Å². The monoisotopic (exact) mass is 228 g/mol. The average molecular weight is 228 g/mol. The van der Waals surface area contributed by atoms with Crippen molar-refractivity contribution in [2.45, 2.75) is 6.54 Å². The van der Waals surface area contributed by atoms with Crippen molar-refractivity contribution in [3.63, 3.8) is 0 Å². The number of hydrogen-bond acceptors (Lipinski definition) is 3. The van der Waals surface area contributed by atoms with Crippen LogP contribution in [0.25, 0.3) is 6.08 Å². The minimum absolute atomic E-state index is 0.694. The van der Waals surface area contributed by atoms with Gasteiger partial charge in [-0.05, 0) is 5.56 Å². The van der Waals surface area contributed by atoms with E-state index < -0.39 is 0 Å². The van der Waals surface area contributed by atoms with Crippen LogP contribution in [0.15, 0.2) is 42.7 Å². The van der Waals surface area contributed by atoms with E-state index in [0.717, 1.165) is 12.4 Å². The molecule has 1 N–H and O–H groups in total. The first-order valence-electron chi connectivity index (χ1n) is 5.61. The molecule has 0 unspecified atom stereocenters. The van der Waals surface area contributed by atoms with Gasteiger partial charge in [-0.3, -0.25) is 4.68 Å². The Balaban J connectivity index is 1.71. The van der Waals surface area contributed by atoms with Gasteiger partial charge in [0.05, 0.1) is 6.54 Å². The lowest BCUT2D eigenvalue weighted by atomic mass is 10.2. The zero-order valence-corrected chi connectivity index (χ0v) is 9.87. The van der Waals surface area contributed by atoms with Crippen molar-refractivity contribution in [2.24, 2.45) is 7.05 Å². The number of aromatic nitrogens is 3. The minimum Gasteiger partial charge on any atom is -0.306 e. The van der Waals surface area contributed by atoms with Crippen LogP contribution in [-0.2, 0) is 13.6 Å². The topological polar surface area (TPSA) is 42.7 Å². The summed E-state index contributed by atoms with van der Waals surface area (Å²) < 4.78 is 1.71. The molecule has 4 heteroatoms. The van der Waals surface area contributed by atoms with E-state index >= 15 is 0 Å². The first-order chi connectivity index (χ1) is 8.34. The Morgan fingerprint density at radius 1 is 1.29 bits per heavy atom. The lowest BCUT2D eigenvalue weighted by Gasteiger charge is -1.96. The minimum atomic E-state index is 0.694. The third-order valence-electron chi connectivity index (χ3n) is 2.30. The van der Waals surface area contributed by atoms with Gasteiger partial charge in [0.1, 0.15) is 6.33 Å². The highest BCUT2D eigenvalue weighted by molar-refractivity contribution is 5.48. The van der Waals surface area contributed by atoms with Gasteiger partial charge in [-0.2, -0.15) is 5.10 Å². The van der Waals surface area contributed by atoms with Crippen LogP contribution in [0.4, 0.5) is 0 Å². The van der Waals surface area contributed by atoms with Crippen LogP contribution in [0.1, 0.15) is 11.4 Å². The molecule has 88 valence electrons. The summed E-state index contributed by atoms with van der Waals surface area (Å²) in [6.07, 6.45) is 5.90. The molecule has 2 rings (SSSR count). The molecular weight excluding hydrogens is 212 g/mol. The lowest BCUT2D eigenvalue weighted by molar-refractivity contribution is 0.687. The Labute approximate surface area is 101 Å².